The highest BCUT2D eigenvalue weighted by molar-refractivity contribution is 6.04. The van der Waals surface area contributed by atoms with Gasteiger partial charge in [-0.1, -0.05) is 36.4 Å². The fourth-order valence-electron chi connectivity index (χ4n) is 3.40. The van der Waals surface area contributed by atoms with Gasteiger partial charge in [0.1, 0.15) is 5.75 Å². The summed E-state index contributed by atoms with van der Waals surface area (Å²) in [6, 6.07) is 17.5. The van der Waals surface area contributed by atoms with Crippen molar-refractivity contribution < 1.29 is 9.53 Å². The van der Waals surface area contributed by atoms with Crippen molar-refractivity contribution in [1.29, 1.82) is 0 Å². The van der Waals surface area contributed by atoms with Crippen LogP contribution in [0.2, 0.25) is 0 Å². The lowest BCUT2D eigenvalue weighted by molar-refractivity contribution is 0.102. The van der Waals surface area contributed by atoms with Crippen molar-refractivity contribution in [3.8, 4) is 5.75 Å². The van der Waals surface area contributed by atoms with Crippen LogP contribution in [0.4, 0.5) is 5.82 Å². The number of carbonyl (C=O) groups excluding carboxylic acids is 1. The Bertz CT molecular complexity index is 936. The van der Waals surface area contributed by atoms with Gasteiger partial charge in [-0.3, -0.25) is 14.8 Å². The summed E-state index contributed by atoms with van der Waals surface area (Å²) >= 11 is 0. The minimum absolute atomic E-state index is 0.185. The lowest BCUT2D eigenvalue weighted by atomic mass is 10.1. The standard InChI is InChI=1S/C21H22N4O2/c1-27-17-9-5-8-16(12-17)21(26)22-20-18-10-11-25(14-19(18)23-24-20)13-15-6-3-2-4-7-15/h2-9,12H,10-11,13-14H2,1H3,(H2,22,23,24,26). The number of anilines is 1. The number of amides is 1. The van der Waals surface area contributed by atoms with Gasteiger partial charge in [-0.15, -0.1) is 0 Å². The number of carbonyl (C=O) groups is 1. The molecule has 0 fully saturated rings. The fraction of sp³-hybridized carbons (Fsp3) is 0.238. The van der Waals surface area contributed by atoms with E-state index in [-0.39, 0.29) is 5.91 Å². The molecule has 0 unspecified atom stereocenters. The summed E-state index contributed by atoms with van der Waals surface area (Å²) < 4.78 is 5.18. The third kappa shape index (κ3) is 3.85. The van der Waals surface area contributed by atoms with Gasteiger partial charge in [0, 0.05) is 30.8 Å². The van der Waals surface area contributed by atoms with E-state index in [1.54, 1.807) is 25.3 Å². The Labute approximate surface area is 158 Å². The first kappa shape index (κ1) is 17.3. The van der Waals surface area contributed by atoms with Crippen molar-refractivity contribution in [3.63, 3.8) is 0 Å². The van der Waals surface area contributed by atoms with Crippen molar-refractivity contribution in [1.82, 2.24) is 15.1 Å². The Balaban J connectivity index is 1.44. The highest BCUT2D eigenvalue weighted by Crippen LogP contribution is 2.25. The fourth-order valence-corrected chi connectivity index (χ4v) is 3.40. The van der Waals surface area contributed by atoms with Crippen molar-refractivity contribution in [2.24, 2.45) is 0 Å². The molecule has 1 aromatic heterocycles. The number of nitrogens with one attached hydrogen (secondary N) is 2. The van der Waals surface area contributed by atoms with E-state index in [0.717, 1.165) is 37.3 Å². The van der Waals surface area contributed by atoms with Crippen molar-refractivity contribution in [2.45, 2.75) is 19.5 Å². The van der Waals surface area contributed by atoms with Crippen LogP contribution in [0.15, 0.2) is 54.6 Å². The van der Waals surface area contributed by atoms with E-state index in [1.165, 1.54) is 5.56 Å². The van der Waals surface area contributed by atoms with Crippen LogP contribution in [0.3, 0.4) is 0 Å². The molecule has 0 aliphatic carbocycles. The van der Waals surface area contributed by atoms with E-state index < -0.39 is 0 Å². The molecule has 0 bridgehead atoms. The first-order valence-electron chi connectivity index (χ1n) is 9.01. The summed E-state index contributed by atoms with van der Waals surface area (Å²) in [4.78, 5) is 14.9. The van der Waals surface area contributed by atoms with E-state index in [1.807, 2.05) is 12.1 Å². The lowest BCUT2D eigenvalue weighted by Crippen LogP contribution is -2.30. The van der Waals surface area contributed by atoms with Gasteiger partial charge in [0.25, 0.3) is 5.91 Å². The summed E-state index contributed by atoms with van der Waals surface area (Å²) in [5, 5.41) is 10.3. The molecule has 6 heteroatoms. The molecule has 4 rings (SSSR count). The Morgan fingerprint density at radius 3 is 2.89 bits per heavy atom. The van der Waals surface area contributed by atoms with Gasteiger partial charge in [0.2, 0.25) is 0 Å². The molecule has 0 spiro atoms. The zero-order valence-electron chi connectivity index (χ0n) is 15.2. The average Bonchev–Trinajstić information content (AvgIpc) is 3.11. The number of benzene rings is 2. The van der Waals surface area contributed by atoms with Gasteiger partial charge in [0.05, 0.1) is 12.8 Å². The SMILES string of the molecule is COc1cccc(C(=O)Nc2n[nH]c3c2CCN(Cc2ccccc2)C3)c1. The number of hydrogen-bond acceptors (Lipinski definition) is 4. The predicted molar refractivity (Wildman–Crippen MR) is 104 cm³/mol. The average molecular weight is 362 g/mol. The van der Waals surface area contributed by atoms with Gasteiger partial charge >= 0.3 is 0 Å². The zero-order valence-corrected chi connectivity index (χ0v) is 15.2. The number of aromatic amines is 1. The predicted octanol–water partition coefficient (Wildman–Crippen LogP) is 3.23. The second kappa shape index (κ2) is 7.63. The Hall–Kier alpha value is -3.12. The number of hydrogen-bond donors (Lipinski definition) is 2. The van der Waals surface area contributed by atoms with Crippen molar-refractivity contribution in [3.05, 3.63) is 77.0 Å². The largest absolute Gasteiger partial charge is 0.497 e. The van der Waals surface area contributed by atoms with Gasteiger partial charge in [-0.25, -0.2) is 0 Å². The third-order valence-electron chi connectivity index (χ3n) is 4.83. The second-order valence-electron chi connectivity index (χ2n) is 6.66. The summed E-state index contributed by atoms with van der Waals surface area (Å²) in [7, 11) is 1.59. The first-order chi connectivity index (χ1) is 13.2. The molecule has 2 N–H and O–H groups in total. The lowest BCUT2D eigenvalue weighted by Gasteiger charge is -2.26. The van der Waals surface area contributed by atoms with Crippen LogP contribution in [0.1, 0.15) is 27.2 Å². The maximum absolute atomic E-state index is 12.5. The Kier molecular flexibility index (Phi) is 4.89. The highest BCUT2D eigenvalue weighted by atomic mass is 16.5. The number of nitrogens with zero attached hydrogens (tertiary/aromatic N) is 2. The minimum atomic E-state index is -0.185. The number of methoxy groups -OCH3 is 1. The highest BCUT2D eigenvalue weighted by Gasteiger charge is 2.23. The second-order valence-corrected chi connectivity index (χ2v) is 6.66. The molecule has 1 aliphatic heterocycles. The van der Waals surface area contributed by atoms with E-state index >= 15 is 0 Å². The summed E-state index contributed by atoms with van der Waals surface area (Å²) in [6.45, 7) is 2.64. The van der Waals surface area contributed by atoms with Crippen LogP contribution in [-0.2, 0) is 19.5 Å². The molecule has 0 saturated carbocycles. The number of H-pyrrole nitrogens is 1. The van der Waals surface area contributed by atoms with E-state index in [4.69, 9.17) is 4.74 Å². The van der Waals surface area contributed by atoms with Gasteiger partial charge in [-0.2, -0.15) is 5.10 Å². The van der Waals surface area contributed by atoms with Gasteiger partial charge in [-0.05, 0) is 30.2 Å². The maximum atomic E-state index is 12.5. The van der Waals surface area contributed by atoms with Crippen LogP contribution in [-0.4, -0.2) is 34.7 Å². The molecule has 0 saturated heterocycles. The molecule has 6 nitrogen and oxygen atoms in total. The molecule has 1 amide bonds. The topological polar surface area (TPSA) is 70.2 Å². The van der Waals surface area contributed by atoms with E-state index in [2.05, 4.69) is 44.7 Å². The molecule has 2 heterocycles. The van der Waals surface area contributed by atoms with Gasteiger partial charge in [0.15, 0.2) is 5.82 Å². The quantitative estimate of drug-likeness (QED) is 0.731. The minimum Gasteiger partial charge on any atom is -0.497 e. The Morgan fingerprint density at radius 2 is 2.07 bits per heavy atom. The smallest absolute Gasteiger partial charge is 0.257 e. The summed E-state index contributed by atoms with van der Waals surface area (Å²) in [5.74, 6) is 1.09. The molecule has 0 radical (unpaired) electrons. The monoisotopic (exact) mass is 362 g/mol. The Morgan fingerprint density at radius 1 is 1.22 bits per heavy atom. The van der Waals surface area contributed by atoms with E-state index in [9.17, 15) is 4.79 Å². The molecule has 27 heavy (non-hydrogen) atoms. The first-order valence-corrected chi connectivity index (χ1v) is 9.01. The molecule has 0 atom stereocenters. The summed E-state index contributed by atoms with van der Waals surface area (Å²) in [6.07, 6.45) is 0.854. The number of rotatable bonds is 5. The molecule has 3 aromatic rings. The van der Waals surface area contributed by atoms with Crippen LogP contribution in [0.5, 0.6) is 5.75 Å². The molecule has 1 aliphatic rings. The number of fused-ring (bicyclic) bond motifs is 1. The van der Waals surface area contributed by atoms with E-state index in [0.29, 0.717) is 17.1 Å². The molecular formula is C21H22N4O2. The number of aromatic nitrogens is 2. The normalized spacial score (nSPS) is 13.8. The third-order valence-corrected chi connectivity index (χ3v) is 4.83. The number of ether oxygens (including phenoxy) is 1. The van der Waals surface area contributed by atoms with Crippen LogP contribution < -0.4 is 10.1 Å². The van der Waals surface area contributed by atoms with Gasteiger partial charge < -0.3 is 10.1 Å². The zero-order chi connectivity index (χ0) is 18.6. The van der Waals surface area contributed by atoms with Crippen molar-refractivity contribution in [2.75, 3.05) is 19.0 Å². The molecule has 2 aromatic carbocycles. The molecular weight excluding hydrogens is 340 g/mol. The summed E-state index contributed by atoms with van der Waals surface area (Å²) in [5.41, 5.74) is 4.01. The molecule has 138 valence electrons. The maximum Gasteiger partial charge on any atom is 0.257 e. The van der Waals surface area contributed by atoms with Crippen LogP contribution >= 0.6 is 0 Å². The van der Waals surface area contributed by atoms with Crippen LogP contribution in [0, 0.1) is 0 Å². The van der Waals surface area contributed by atoms with Crippen molar-refractivity contribution >= 4 is 11.7 Å². The van der Waals surface area contributed by atoms with Crippen LogP contribution in [0.25, 0.3) is 0 Å².